The first kappa shape index (κ1) is 31.2. The van der Waals surface area contributed by atoms with Crippen LogP contribution in [-0.4, -0.2) is 74.6 Å². The predicted molar refractivity (Wildman–Crippen MR) is 155 cm³/mol. The Bertz CT molecular complexity index is 1270. The second kappa shape index (κ2) is 15.5. The average molecular weight is 567 g/mol. The second-order valence-electron chi connectivity index (χ2n) is 9.84. The summed E-state index contributed by atoms with van der Waals surface area (Å²) in [7, 11) is 3.25. The van der Waals surface area contributed by atoms with E-state index in [1.807, 2.05) is 0 Å². The third-order valence-electron chi connectivity index (χ3n) is 6.83. The van der Waals surface area contributed by atoms with Crippen LogP contribution in [0.5, 0.6) is 5.75 Å². The van der Waals surface area contributed by atoms with Crippen LogP contribution in [0.4, 0.5) is 11.4 Å². The van der Waals surface area contributed by atoms with Gasteiger partial charge in [-0.2, -0.15) is 0 Å². The largest absolute Gasteiger partial charge is 0.495 e. The maximum atomic E-state index is 12.6. The van der Waals surface area contributed by atoms with Crippen molar-refractivity contribution in [2.24, 2.45) is 0 Å². The Balaban J connectivity index is 1.39. The molecule has 220 valence electrons. The minimum atomic E-state index is -0.503. The molecule has 4 amide bonds. The summed E-state index contributed by atoms with van der Waals surface area (Å²) in [6.45, 7) is 2.03. The molecule has 0 aliphatic carbocycles. The van der Waals surface area contributed by atoms with Gasteiger partial charge in [-0.25, -0.2) is 0 Å². The Hall–Kier alpha value is -4.29. The minimum absolute atomic E-state index is 0.189. The molecule has 1 fully saturated rings. The lowest BCUT2D eigenvalue weighted by Crippen LogP contribution is -2.51. The molecule has 12 heteroatoms. The summed E-state index contributed by atoms with van der Waals surface area (Å²) in [5.41, 5.74) is 8.27. The number of rotatable bonds is 15. The first-order chi connectivity index (χ1) is 19.7. The summed E-state index contributed by atoms with van der Waals surface area (Å²) in [5.74, 6) is -0.601. The monoisotopic (exact) mass is 566 g/mol. The number of nitrogens with one attached hydrogen (secondary N) is 4. The maximum Gasteiger partial charge on any atom is 0.251 e. The van der Waals surface area contributed by atoms with E-state index in [0.29, 0.717) is 72.7 Å². The number of amides is 4. The van der Waals surface area contributed by atoms with Crippen LogP contribution in [0.2, 0.25) is 0 Å². The molecule has 1 aliphatic rings. The van der Waals surface area contributed by atoms with Crippen LogP contribution in [0.1, 0.15) is 58.4 Å². The van der Waals surface area contributed by atoms with Crippen LogP contribution in [-0.2, 0) is 20.9 Å². The van der Waals surface area contributed by atoms with Crippen LogP contribution in [0.25, 0.3) is 0 Å². The summed E-state index contributed by atoms with van der Waals surface area (Å²) < 4.78 is 5.15. The van der Waals surface area contributed by atoms with Crippen molar-refractivity contribution >= 4 is 41.3 Å². The van der Waals surface area contributed by atoms with E-state index in [1.165, 1.54) is 7.11 Å². The molecule has 1 unspecified atom stereocenters. The number of carbonyl (C=O) groups excluding carboxylic acids is 5. The molecule has 0 bridgehead atoms. The van der Waals surface area contributed by atoms with Gasteiger partial charge in [-0.05, 0) is 63.7 Å². The van der Waals surface area contributed by atoms with E-state index in [2.05, 4.69) is 21.3 Å². The van der Waals surface area contributed by atoms with Gasteiger partial charge in [0.15, 0.2) is 0 Å². The van der Waals surface area contributed by atoms with Gasteiger partial charge in [0.2, 0.25) is 17.7 Å². The first-order valence-corrected chi connectivity index (χ1v) is 13.6. The summed E-state index contributed by atoms with van der Waals surface area (Å²) in [6.07, 6.45) is 2.96. The van der Waals surface area contributed by atoms with Crippen molar-refractivity contribution in [2.75, 3.05) is 44.8 Å². The van der Waals surface area contributed by atoms with Gasteiger partial charge in [0.25, 0.3) is 5.91 Å². The quantitative estimate of drug-likeness (QED) is 0.0926. The molecule has 2 aromatic carbocycles. The van der Waals surface area contributed by atoms with Gasteiger partial charge in [0, 0.05) is 48.3 Å². The molecule has 2 aromatic rings. The van der Waals surface area contributed by atoms with Crippen molar-refractivity contribution in [3.8, 4) is 5.75 Å². The van der Waals surface area contributed by atoms with Gasteiger partial charge in [0.1, 0.15) is 12.0 Å². The van der Waals surface area contributed by atoms with Gasteiger partial charge in [0.05, 0.1) is 18.8 Å². The van der Waals surface area contributed by atoms with Gasteiger partial charge in [-0.1, -0.05) is 12.1 Å². The number of hydrogen-bond donors (Lipinski definition) is 5. The molecular formula is C29H38N6O6. The van der Waals surface area contributed by atoms with Crippen molar-refractivity contribution in [1.82, 2.24) is 20.9 Å². The number of methoxy groups -OCH3 is 1. The Morgan fingerprint density at radius 1 is 1.15 bits per heavy atom. The number of ether oxygens (including phenoxy) is 1. The molecule has 1 atom stereocenters. The molecule has 1 saturated heterocycles. The zero-order valence-electron chi connectivity index (χ0n) is 23.5. The van der Waals surface area contributed by atoms with E-state index in [1.54, 1.807) is 48.3 Å². The topological polar surface area (TPSA) is 172 Å². The molecule has 1 heterocycles. The number of nitrogens with two attached hydrogens (primary N) is 1. The summed E-state index contributed by atoms with van der Waals surface area (Å²) in [6, 6.07) is 9.45. The summed E-state index contributed by atoms with van der Waals surface area (Å²) >= 11 is 0. The number of nitrogens with zero attached hydrogens (tertiary/aromatic N) is 1. The maximum absolute atomic E-state index is 12.6. The Morgan fingerprint density at radius 2 is 1.93 bits per heavy atom. The number of likely N-dealkylation sites (N-methyl/N-ethyl adjacent to an activating group) is 1. The first-order valence-electron chi connectivity index (χ1n) is 13.6. The molecule has 1 aliphatic heterocycles. The highest BCUT2D eigenvalue weighted by Crippen LogP contribution is 2.24. The zero-order chi connectivity index (χ0) is 29.8. The summed E-state index contributed by atoms with van der Waals surface area (Å²) in [5, 5.41) is 11.3. The number of benzene rings is 2. The van der Waals surface area contributed by atoms with E-state index >= 15 is 0 Å². The zero-order valence-corrected chi connectivity index (χ0v) is 23.5. The van der Waals surface area contributed by atoms with Crippen molar-refractivity contribution < 1.29 is 28.7 Å². The molecule has 0 spiro atoms. The third kappa shape index (κ3) is 9.12. The molecule has 0 saturated carbocycles. The van der Waals surface area contributed by atoms with Crippen molar-refractivity contribution in [3.05, 3.63) is 53.1 Å². The number of carbonyl (C=O) groups is 5. The standard InChI is InChI=1S/C29H38N6O6/c1-35(24-11-12-27(38)34-29(24)40)17-21-20(18-36)6-3-7-23(21)33-26(37)8-4-13-31-14-5-15-32-28(39)19-9-10-22(30)25(16-19)41-2/h3,6-7,9-10,16,18,24,31H,4-5,8,11-15,17,30H2,1-2H3,(H,32,39)(H,33,37)(H,34,38,40). The van der Waals surface area contributed by atoms with Gasteiger partial charge < -0.3 is 26.4 Å². The Morgan fingerprint density at radius 3 is 2.66 bits per heavy atom. The van der Waals surface area contributed by atoms with Crippen LogP contribution in [0.3, 0.4) is 0 Å². The number of nitrogen functional groups attached to an aromatic ring is 1. The predicted octanol–water partition coefficient (Wildman–Crippen LogP) is 1.46. The van der Waals surface area contributed by atoms with E-state index < -0.39 is 6.04 Å². The van der Waals surface area contributed by atoms with Gasteiger partial charge in [-0.15, -0.1) is 0 Å². The fraction of sp³-hybridized carbons (Fsp3) is 0.414. The average Bonchev–Trinajstić information content (AvgIpc) is 2.95. The lowest BCUT2D eigenvalue weighted by Gasteiger charge is -2.30. The van der Waals surface area contributed by atoms with E-state index in [0.717, 1.165) is 6.29 Å². The highest BCUT2D eigenvalue weighted by Gasteiger charge is 2.30. The van der Waals surface area contributed by atoms with E-state index in [4.69, 9.17) is 10.5 Å². The molecule has 12 nitrogen and oxygen atoms in total. The second-order valence-corrected chi connectivity index (χ2v) is 9.84. The molecule has 41 heavy (non-hydrogen) atoms. The Kier molecular flexibility index (Phi) is 11.8. The van der Waals surface area contributed by atoms with Crippen LogP contribution in [0.15, 0.2) is 36.4 Å². The third-order valence-corrected chi connectivity index (χ3v) is 6.83. The minimum Gasteiger partial charge on any atom is -0.495 e. The number of piperidine rings is 1. The highest BCUT2D eigenvalue weighted by molar-refractivity contribution is 6.00. The lowest BCUT2D eigenvalue weighted by molar-refractivity contribution is -0.137. The van der Waals surface area contributed by atoms with Crippen LogP contribution >= 0.6 is 0 Å². The van der Waals surface area contributed by atoms with Crippen LogP contribution in [0, 0.1) is 0 Å². The molecule has 3 rings (SSSR count). The Labute approximate surface area is 239 Å². The molecule has 0 aromatic heterocycles. The normalized spacial score (nSPS) is 14.9. The fourth-order valence-corrected chi connectivity index (χ4v) is 4.55. The number of anilines is 2. The van der Waals surface area contributed by atoms with Crippen molar-refractivity contribution in [3.63, 3.8) is 0 Å². The smallest absolute Gasteiger partial charge is 0.251 e. The number of aldehydes is 1. The number of imide groups is 1. The van der Waals surface area contributed by atoms with Crippen molar-refractivity contribution in [2.45, 2.75) is 44.7 Å². The van der Waals surface area contributed by atoms with Gasteiger partial charge >= 0.3 is 0 Å². The molecule has 6 N–H and O–H groups in total. The van der Waals surface area contributed by atoms with E-state index in [9.17, 15) is 24.0 Å². The highest BCUT2D eigenvalue weighted by atomic mass is 16.5. The molecule has 0 radical (unpaired) electrons. The summed E-state index contributed by atoms with van der Waals surface area (Å²) in [4.78, 5) is 62.2. The SMILES string of the molecule is COc1cc(C(=O)NCCCNCCCC(=O)Nc2cccc(C=O)c2CN(C)C2CCC(=O)NC2=O)ccc1N. The van der Waals surface area contributed by atoms with Gasteiger partial charge in [-0.3, -0.25) is 34.2 Å². The van der Waals surface area contributed by atoms with E-state index in [-0.39, 0.29) is 43.0 Å². The van der Waals surface area contributed by atoms with Crippen molar-refractivity contribution in [1.29, 1.82) is 0 Å². The molecular weight excluding hydrogens is 528 g/mol. The van der Waals surface area contributed by atoms with Crippen LogP contribution < -0.4 is 31.7 Å². The number of hydrogen-bond acceptors (Lipinski definition) is 9. The lowest BCUT2D eigenvalue weighted by atomic mass is 10.0. The fourth-order valence-electron chi connectivity index (χ4n) is 4.55.